The predicted molar refractivity (Wildman–Crippen MR) is 72.1 cm³/mol. The zero-order valence-electron chi connectivity index (χ0n) is 12.5. The summed E-state index contributed by atoms with van der Waals surface area (Å²) in [6.45, 7) is 4.92. The van der Waals surface area contributed by atoms with Crippen LogP contribution < -0.4 is 22.0 Å². The van der Waals surface area contributed by atoms with Crippen LogP contribution in [-0.2, 0) is 6.54 Å². The summed E-state index contributed by atoms with van der Waals surface area (Å²) in [5, 5.41) is 0. The van der Waals surface area contributed by atoms with E-state index in [4.69, 9.17) is 4.74 Å². The van der Waals surface area contributed by atoms with E-state index in [1.807, 2.05) is 13.0 Å². The summed E-state index contributed by atoms with van der Waals surface area (Å²) < 4.78 is 5.42. The van der Waals surface area contributed by atoms with Crippen molar-refractivity contribution < 1.29 is 26.8 Å². The van der Waals surface area contributed by atoms with Gasteiger partial charge in [-0.3, -0.25) is 0 Å². The van der Waals surface area contributed by atoms with Gasteiger partial charge in [0, 0.05) is 19.7 Å². The average Bonchev–Trinajstić information content (AvgIpc) is 2.24. The van der Waals surface area contributed by atoms with E-state index < -0.39 is 0 Å². The zero-order chi connectivity index (χ0) is 13.9. The molecule has 1 amide bonds. The molecule has 0 aromatic heterocycles. The first-order valence-corrected chi connectivity index (χ1v) is 6.09. The van der Waals surface area contributed by atoms with E-state index in [1.54, 1.807) is 14.1 Å². The quantitative estimate of drug-likeness (QED) is 0.698. The van der Waals surface area contributed by atoms with Gasteiger partial charge in [0.2, 0.25) is 0 Å². The number of aryl methyl sites for hydroxylation is 2. The van der Waals surface area contributed by atoms with Crippen LogP contribution in [0, 0.1) is 13.8 Å². The van der Waals surface area contributed by atoms with Crippen LogP contribution in [0.3, 0.4) is 0 Å². The second-order valence-corrected chi connectivity index (χ2v) is 5.19. The zero-order valence-corrected chi connectivity index (χ0v) is 13.3. The maximum absolute atomic E-state index is 11.6. The third kappa shape index (κ3) is 5.09. The second kappa shape index (κ2) is 7.36. The predicted octanol–water partition coefficient (Wildman–Crippen LogP) is -1.99. The number of quaternary nitrogens is 1. The summed E-state index contributed by atoms with van der Waals surface area (Å²) in [6.07, 6.45) is -0.340. The fourth-order valence-corrected chi connectivity index (χ4v) is 1.65. The van der Waals surface area contributed by atoms with E-state index in [9.17, 15) is 4.79 Å². The van der Waals surface area contributed by atoms with Crippen molar-refractivity contribution in [1.29, 1.82) is 0 Å². The Balaban J connectivity index is 0.00000324. The van der Waals surface area contributed by atoms with Crippen LogP contribution in [0.5, 0.6) is 5.75 Å². The Morgan fingerprint density at radius 2 is 1.74 bits per heavy atom. The van der Waals surface area contributed by atoms with Gasteiger partial charge in [-0.15, -0.1) is 0 Å². The molecule has 0 heterocycles. The number of nitrogens with zero attached hydrogens (tertiary/aromatic N) is 1. The average molecular weight is 287 g/mol. The lowest BCUT2D eigenvalue weighted by Crippen LogP contribution is -3.04. The number of ether oxygens (including phenoxy) is 1. The Morgan fingerprint density at radius 3 is 2.21 bits per heavy atom. The van der Waals surface area contributed by atoms with E-state index in [1.165, 1.54) is 15.4 Å². The molecule has 0 atom stereocenters. The summed E-state index contributed by atoms with van der Waals surface area (Å²) in [7, 11) is 7.51. The second-order valence-electron chi connectivity index (χ2n) is 5.19. The van der Waals surface area contributed by atoms with E-state index in [-0.39, 0.29) is 18.5 Å². The monoisotopic (exact) mass is 286 g/mol. The number of rotatable bonds is 3. The molecule has 0 saturated heterocycles. The molecule has 19 heavy (non-hydrogen) atoms. The Bertz CT molecular complexity index is 445. The highest BCUT2D eigenvalue weighted by atomic mass is 35.5. The molecule has 108 valence electrons. The minimum absolute atomic E-state index is 0. The third-order valence-electron chi connectivity index (χ3n) is 2.78. The molecule has 1 aromatic rings. The minimum atomic E-state index is -0.340. The molecule has 0 aliphatic rings. The molecule has 1 N–H and O–H groups in total. The minimum Gasteiger partial charge on any atom is -1.00 e. The van der Waals surface area contributed by atoms with Crippen molar-refractivity contribution in [2.24, 2.45) is 0 Å². The van der Waals surface area contributed by atoms with Crippen molar-refractivity contribution in [2.75, 3.05) is 28.2 Å². The number of carbonyl (C=O) groups excluding carboxylic acids is 1. The molecule has 0 radical (unpaired) electrons. The molecule has 0 bridgehead atoms. The van der Waals surface area contributed by atoms with Crippen molar-refractivity contribution in [3.63, 3.8) is 0 Å². The van der Waals surface area contributed by atoms with E-state index in [2.05, 4.69) is 27.1 Å². The molecular weight excluding hydrogens is 264 g/mol. The van der Waals surface area contributed by atoms with Crippen molar-refractivity contribution in [3.05, 3.63) is 28.8 Å². The standard InChI is InChI=1S/C14H22N2O2.ClH/c1-10-7-12(9-15(3)4)13(8-11(10)2)18-14(17)16(5)6;/h7-8H,9H2,1-6H3;1H. The summed E-state index contributed by atoms with van der Waals surface area (Å²) in [6, 6.07) is 4.04. The Morgan fingerprint density at radius 1 is 1.21 bits per heavy atom. The summed E-state index contributed by atoms with van der Waals surface area (Å²) in [4.78, 5) is 14.4. The number of halogens is 1. The molecule has 0 unspecified atom stereocenters. The molecule has 0 saturated carbocycles. The number of hydrogen-bond donors (Lipinski definition) is 1. The van der Waals surface area contributed by atoms with Crippen LogP contribution in [-0.4, -0.2) is 39.2 Å². The van der Waals surface area contributed by atoms with Gasteiger partial charge in [0.15, 0.2) is 0 Å². The fourth-order valence-electron chi connectivity index (χ4n) is 1.65. The van der Waals surface area contributed by atoms with Crippen molar-refractivity contribution >= 4 is 6.09 Å². The van der Waals surface area contributed by atoms with Gasteiger partial charge in [0.1, 0.15) is 12.3 Å². The SMILES string of the molecule is Cc1cc(C[NH+](C)C)c(OC(=O)N(C)C)cc1C.[Cl-]. The summed E-state index contributed by atoms with van der Waals surface area (Å²) >= 11 is 0. The molecule has 5 heteroatoms. The number of nitrogens with one attached hydrogen (secondary N) is 1. The molecule has 0 spiro atoms. The van der Waals surface area contributed by atoms with Crippen LogP contribution >= 0.6 is 0 Å². The molecule has 1 aromatic carbocycles. The Hall–Kier alpha value is -1.26. The number of benzene rings is 1. The van der Waals surface area contributed by atoms with Crippen LogP contribution in [0.25, 0.3) is 0 Å². The Kier molecular flexibility index (Phi) is 6.87. The normalized spacial score (nSPS) is 10.1. The van der Waals surface area contributed by atoms with Gasteiger partial charge in [-0.05, 0) is 37.1 Å². The molecule has 0 aliphatic carbocycles. The van der Waals surface area contributed by atoms with Crippen LogP contribution in [0.1, 0.15) is 16.7 Å². The van der Waals surface area contributed by atoms with Crippen LogP contribution in [0.4, 0.5) is 4.79 Å². The molecule has 0 aliphatic heterocycles. The van der Waals surface area contributed by atoms with Crippen molar-refractivity contribution in [3.8, 4) is 5.75 Å². The molecular formula is C14H23ClN2O2. The summed E-state index contributed by atoms with van der Waals surface area (Å²) in [5.74, 6) is 0.665. The molecule has 1 rings (SSSR count). The first kappa shape index (κ1) is 17.7. The lowest BCUT2D eigenvalue weighted by atomic mass is 10.0. The highest BCUT2D eigenvalue weighted by Gasteiger charge is 2.14. The van der Waals surface area contributed by atoms with E-state index in [0.29, 0.717) is 5.75 Å². The number of amides is 1. The highest BCUT2D eigenvalue weighted by Crippen LogP contribution is 2.23. The Labute approximate surface area is 121 Å². The smallest absolute Gasteiger partial charge is 0.414 e. The third-order valence-corrected chi connectivity index (χ3v) is 2.78. The van der Waals surface area contributed by atoms with Crippen LogP contribution in [0.2, 0.25) is 0 Å². The topological polar surface area (TPSA) is 34.0 Å². The fraction of sp³-hybridized carbons (Fsp3) is 0.500. The van der Waals surface area contributed by atoms with Gasteiger partial charge in [-0.1, -0.05) is 0 Å². The lowest BCUT2D eigenvalue weighted by molar-refractivity contribution is -0.872. The van der Waals surface area contributed by atoms with Gasteiger partial charge < -0.3 is 26.9 Å². The summed E-state index contributed by atoms with van der Waals surface area (Å²) in [5.41, 5.74) is 3.42. The van der Waals surface area contributed by atoms with Gasteiger partial charge in [-0.25, -0.2) is 4.79 Å². The number of hydrogen-bond acceptors (Lipinski definition) is 2. The van der Waals surface area contributed by atoms with Gasteiger partial charge in [-0.2, -0.15) is 0 Å². The first-order valence-electron chi connectivity index (χ1n) is 6.09. The molecule has 4 nitrogen and oxygen atoms in total. The lowest BCUT2D eigenvalue weighted by Gasteiger charge is -2.16. The largest absolute Gasteiger partial charge is 1.00 e. The maximum atomic E-state index is 11.6. The van der Waals surface area contributed by atoms with E-state index in [0.717, 1.165) is 17.7 Å². The van der Waals surface area contributed by atoms with E-state index >= 15 is 0 Å². The van der Waals surface area contributed by atoms with Crippen molar-refractivity contribution in [1.82, 2.24) is 4.90 Å². The molecule has 0 fully saturated rings. The van der Waals surface area contributed by atoms with Crippen molar-refractivity contribution in [2.45, 2.75) is 20.4 Å². The van der Waals surface area contributed by atoms with Gasteiger partial charge >= 0.3 is 6.09 Å². The van der Waals surface area contributed by atoms with Gasteiger partial charge in [0.05, 0.1) is 14.1 Å². The first-order chi connectivity index (χ1) is 8.31. The van der Waals surface area contributed by atoms with Crippen LogP contribution in [0.15, 0.2) is 12.1 Å². The van der Waals surface area contributed by atoms with Gasteiger partial charge in [0.25, 0.3) is 0 Å². The maximum Gasteiger partial charge on any atom is 0.414 e. The number of carbonyl (C=O) groups is 1. The highest BCUT2D eigenvalue weighted by molar-refractivity contribution is 5.70.